The van der Waals surface area contributed by atoms with Crippen LogP contribution in [0.3, 0.4) is 0 Å². The molecule has 2 aromatic rings. The van der Waals surface area contributed by atoms with Gasteiger partial charge in [-0.05, 0) is 56.2 Å². The molecule has 1 heterocycles. The van der Waals surface area contributed by atoms with Gasteiger partial charge < -0.3 is 4.98 Å². The Hall–Kier alpha value is 0.0900. The van der Waals surface area contributed by atoms with Gasteiger partial charge in [-0.25, -0.2) is 0 Å². The van der Waals surface area contributed by atoms with Crippen molar-refractivity contribution in [1.82, 2.24) is 9.55 Å². The van der Waals surface area contributed by atoms with Crippen LogP contribution in [0.5, 0.6) is 0 Å². The van der Waals surface area contributed by atoms with Gasteiger partial charge >= 0.3 is 0 Å². The van der Waals surface area contributed by atoms with E-state index in [0.29, 0.717) is 4.77 Å². The largest absolute Gasteiger partial charge is 0.337 e. The third kappa shape index (κ3) is 3.06. The molecule has 6 heteroatoms. The molecule has 0 aliphatic rings. The number of hydrogen-bond donors (Lipinski definition) is 1. The highest BCUT2D eigenvalue weighted by atomic mass is 79.9. The minimum absolute atomic E-state index is 0.000483. The number of aromatic nitrogens is 2. The molecule has 0 saturated carbocycles. The van der Waals surface area contributed by atoms with Crippen molar-refractivity contribution in [3.05, 3.63) is 42.2 Å². The zero-order valence-corrected chi connectivity index (χ0v) is 16.3. The number of H-pyrrole nitrogens is 1. The van der Waals surface area contributed by atoms with Crippen molar-refractivity contribution in [2.75, 3.05) is 0 Å². The second-order valence-corrected chi connectivity index (χ2v) is 8.29. The van der Waals surface area contributed by atoms with Gasteiger partial charge in [0.2, 0.25) is 0 Å². The molecular weight excluding hydrogens is 456 g/mol. The Morgan fingerprint density at radius 3 is 2.11 bits per heavy atom. The lowest BCUT2D eigenvalue weighted by Gasteiger charge is -2.22. The van der Waals surface area contributed by atoms with E-state index in [-0.39, 0.29) is 5.41 Å². The third-order valence-electron chi connectivity index (χ3n) is 2.75. The topological polar surface area (TPSA) is 20.7 Å². The molecule has 0 fully saturated rings. The predicted molar refractivity (Wildman–Crippen MR) is 92.8 cm³/mol. The van der Waals surface area contributed by atoms with Gasteiger partial charge in [-0.3, -0.25) is 4.57 Å². The van der Waals surface area contributed by atoms with Crippen molar-refractivity contribution < 1.29 is 0 Å². The van der Waals surface area contributed by atoms with E-state index in [1.807, 2.05) is 18.3 Å². The van der Waals surface area contributed by atoms with Crippen molar-refractivity contribution in [1.29, 1.82) is 0 Å². The lowest BCUT2D eigenvalue weighted by Crippen LogP contribution is -2.17. The summed E-state index contributed by atoms with van der Waals surface area (Å²) in [6, 6.07) is 4.03. The van der Waals surface area contributed by atoms with E-state index in [2.05, 4.69) is 78.1 Å². The van der Waals surface area contributed by atoms with E-state index in [0.717, 1.165) is 24.8 Å². The summed E-state index contributed by atoms with van der Waals surface area (Å²) < 4.78 is 5.73. The van der Waals surface area contributed by atoms with Gasteiger partial charge in [0.05, 0.1) is 5.69 Å². The van der Waals surface area contributed by atoms with Crippen molar-refractivity contribution in [3.63, 3.8) is 0 Å². The average molecular weight is 469 g/mol. The molecule has 1 N–H and O–H groups in total. The van der Waals surface area contributed by atoms with Crippen molar-refractivity contribution in [2.45, 2.75) is 26.2 Å². The monoisotopic (exact) mass is 466 g/mol. The summed E-state index contributed by atoms with van der Waals surface area (Å²) in [6.45, 7) is 6.51. The maximum absolute atomic E-state index is 5.43. The van der Waals surface area contributed by atoms with Crippen LogP contribution in [0.25, 0.3) is 5.69 Å². The predicted octanol–water partition coefficient (Wildman–Crippen LogP) is 6.12. The molecule has 0 aliphatic carbocycles. The standard InChI is InChI=1S/C13H13Br3N2S/c1-13(2,3)10-6-17-12(19)18(10)11-8(15)4-7(14)5-9(11)16/h4-6H,1-3H3,(H,17,19). The summed E-state index contributed by atoms with van der Waals surface area (Å²) in [6.07, 6.45) is 1.98. The Balaban J connectivity index is 2.81. The number of imidazole rings is 1. The highest BCUT2D eigenvalue weighted by Crippen LogP contribution is 2.36. The zero-order valence-electron chi connectivity index (χ0n) is 10.7. The van der Waals surface area contributed by atoms with Crippen LogP contribution < -0.4 is 0 Å². The number of halogens is 3. The van der Waals surface area contributed by atoms with Crippen LogP contribution >= 0.6 is 60.0 Å². The lowest BCUT2D eigenvalue weighted by molar-refractivity contribution is 0.555. The fourth-order valence-electron chi connectivity index (χ4n) is 1.89. The van der Waals surface area contributed by atoms with Crippen LogP contribution in [0, 0.1) is 4.77 Å². The summed E-state index contributed by atoms with van der Waals surface area (Å²) in [7, 11) is 0. The van der Waals surface area contributed by atoms with E-state index in [9.17, 15) is 0 Å². The third-order valence-corrected chi connectivity index (χ3v) is 4.72. The molecule has 0 spiro atoms. The van der Waals surface area contributed by atoms with E-state index in [1.165, 1.54) is 0 Å². The minimum atomic E-state index is -0.000483. The number of hydrogen-bond acceptors (Lipinski definition) is 1. The first-order chi connectivity index (χ1) is 8.71. The molecule has 0 saturated heterocycles. The Morgan fingerprint density at radius 2 is 1.63 bits per heavy atom. The first-order valence-corrected chi connectivity index (χ1v) is 8.46. The summed E-state index contributed by atoms with van der Waals surface area (Å²) in [4.78, 5) is 3.14. The van der Waals surface area contributed by atoms with Gasteiger partial charge in [-0.15, -0.1) is 0 Å². The maximum atomic E-state index is 5.43. The summed E-state index contributed by atoms with van der Waals surface area (Å²) >= 11 is 16.1. The maximum Gasteiger partial charge on any atom is 0.182 e. The summed E-state index contributed by atoms with van der Waals surface area (Å²) in [5, 5.41) is 0. The second-order valence-electron chi connectivity index (χ2n) is 5.28. The van der Waals surface area contributed by atoms with Gasteiger partial charge in [0, 0.05) is 30.7 Å². The lowest BCUT2D eigenvalue weighted by atomic mass is 9.92. The van der Waals surface area contributed by atoms with Crippen LogP contribution in [-0.2, 0) is 5.41 Å². The fraction of sp³-hybridized carbons (Fsp3) is 0.308. The average Bonchev–Trinajstić information content (AvgIpc) is 2.59. The van der Waals surface area contributed by atoms with Gasteiger partial charge in [0.25, 0.3) is 0 Å². The Labute approximate surface area is 143 Å². The quantitative estimate of drug-likeness (QED) is 0.500. The molecule has 102 valence electrons. The minimum Gasteiger partial charge on any atom is -0.337 e. The van der Waals surface area contributed by atoms with Crippen LogP contribution in [-0.4, -0.2) is 9.55 Å². The molecule has 2 rings (SSSR count). The highest BCUT2D eigenvalue weighted by molar-refractivity contribution is 9.11. The summed E-state index contributed by atoms with van der Waals surface area (Å²) in [5.74, 6) is 0. The van der Waals surface area contributed by atoms with Gasteiger partial charge in [-0.1, -0.05) is 36.7 Å². The molecule has 0 bridgehead atoms. The van der Waals surface area contributed by atoms with Gasteiger partial charge in [0.15, 0.2) is 4.77 Å². The number of aromatic amines is 1. The van der Waals surface area contributed by atoms with Gasteiger partial charge in [0.1, 0.15) is 0 Å². The zero-order chi connectivity index (χ0) is 14.4. The number of nitrogens with zero attached hydrogens (tertiary/aromatic N) is 1. The smallest absolute Gasteiger partial charge is 0.182 e. The molecule has 0 aliphatic heterocycles. The van der Waals surface area contributed by atoms with Crippen molar-refractivity contribution in [2.24, 2.45) is 0 Å². The normalized spacial score (nSPS) is 11.9. The fourth-order valence-corrected chi connectivity index (χ4v) is 4.75. The summed E-state index contributed by atoms with van der Waals surface area (Å²) in [5.41, 5.74) is 2.15. The van der Waals surface area contributed by atoms with E-state index in [4.69, 9.17) is 12.2 Å². The Kier molecular flexibility index (Phi) is 4.45. The van der Waals surface area contributed by atoms with Crippen LogP contribution in [0.2, 0.25) is 0 Å². The molecule has 0 atom stereocenters. The van der Waals surface area contributed by atoms with Gasteiger partial charge in [-0.2, -0.15) is 0 Å². The van der Waals surface area contributed by atoms with Crippen molar-refractivity contribution >= 4 is 60.0 Å². The van der Waals surface area contributed by atoms with E-state index < -0.39 is 0 Å². The molecule has 2 nitrogen and oxygen atoms in total. The Bertz CT molecular complexity index is 657. The van der Waals surface area contributed by atoms with Crippen LogP contribution in [0.4, 0.5) is 0 Å². The molecular formula is C13H13Br3N2S. The molecule has 1 aromatic heterocycles. The van der Waals surface area contributed by atoms with Crippen LogP contribution in [0.15, 0.2) is 31.7 Å². The first kappa shape index (κ1) is 15.5. The van der Waals surface area contributed by atoms with E-state index >= 15 is 0 Å². The molecule has 19 heavy (non-hydrogen) atoms. The van der Waals surface area contributed by atoms with Crippen molar-refractivity contribution in [3.8, 4) is 5.69 Å². The number of nitrogens with one attached hydrogen (secondary N) is 1. The van der Waals surface area contributed by atoms with E-state index in [1.54, 1.807) is 0 Å². The molecule has 0 amide bonds. The Morgan fingerprint density at radius 1 is 1.11 bits per heavy atom. The molecule has 1 aromatic carbocycles. The first-order valence-electron chi connectivity index (χ1n) is 5.67. The van der Waals surface area contributed by atoms with Crippen LogP contribution in [0.1, 0.15) is 26.5 Å². The number of rotatable bonds is 1. The SMILES string of the molecule is CC(C)(C)c1c[nH]c(=S)n1-c1c(Br)cc(Br)cc1Br. The number of benzene rings is 1. The molecule has 0 radical (unpaired) electrons. The molecule has 0 unspecified atom stereocenters. The highest BCUT2D eigenvalue weighted by Gasteiger charge is 2.22. The second kappa shape index (κ2) is 5.47.